The van der Waals surface area contributed by atoms with Crippen LogP contribution in [0.5, 0.6) is 0 Å². The molecule has 0 spiro atoms. The first-order valence-corrected chi connectivity index (χ1v) is 20.4. The highest BCUT2D eigenvalue weighted by molar-refractivity contribution is 7.89. The van der Waals surface area contributed by atoms with E-state index < -0.39 is 92.6 Å². The van der Waals surface area contributed by atoms with E-state index in [-0.39, 0.29) is 44.5 Å². The van der Waals surface area contributed by atoms with E-state index in [4.69, 9.17) is 9.47 Å². The van der Waals surface area contributed by atoms with Crippen molar-refractivity contribution in [1.82, 2.24) is 25.2 Å². The van der Waals surface area contributed by atoms with Gasteiger partial charge in [0.05, 0.1) is 18.8 Å². The molecule has 302 valence electrons. The molecule has 5 amide bonds. The van der Waals surface area contributed by atoms with Gasteiger partial charge in [0.1, 0.15) is 41.0 Å². The number of carbonyl (C=O) groups is 5. The van der Waals surface area contributed by atoms with E-state index in [1.54, 1.807) is 39.0 Å². The molecule has 1 aliphatic carbocycles. The minimum Gasteiger partial charge on any atom is -0.444 e. The molecule has 0 unspecified atom stereocenters. The molecule has 17 heteroatoms. The van der Waals surface area contributed by atoms with Crippen molar-refractivity contribution in [3.8, 4) is 0 Å². The summed E-state index contributed by atoms with van der Waals surface area (Å²) in [5, 5.41) is 5.39. The highest BCUT2D eigenvalue weighted by atomic mass is 32.2. The zero-order valence-corrected chi connectivity index (χ0v) is 32.3. The normalized spacial score (nSPS) is 25.4. The van der Waals surface area contributed by atoms with Crippen molar-refractivity contribution in [3.63, 3.8) is 0 Å². The van der Waals surface area contributed by atoms with Crippen molar-refractivity contribution in [1.29, 1.82) is 0 Å². The van der Waals surface area contributed by atoms with Gasteiger partial charge in [-0.15, -0.1) is 0 Å². The summed E-state index contributed by atoms with van der Waals surface area (Å²) < 4.78 is 67.5. The van der Waals surface area contributed by atoms with E-state index in [0.29, 0.717) is 36.8 Å². The first-order chi connectivity index (χ1) is 26.4. The van der Waals surface area contributed by atoms with Gasteiger partial charge in [0, 0.05) is 24.4 Å². The number of fused-ring (bicyclic) bond motifs is 3. The van der Waals surface area contributed by atoms with Crippen LogP contribution in [0.2, 0.25) is 0 Å². The van der Waals surface area contributed by atoms with Crippen LogP contribution < -0.4 is 15.4 Å². The molecule has 4 aliphatic rings. The summed E-state index contributed by atoms with van der Waals surface area (Å²) >= 11 is 0. The fraction of sp³-hybridized carbons (Fsp3) is 0.513. The Bertz CT molecular complexity index is 2010. The first kappa shape index (κ1) is 40.6. The predicted molar refractivity (Wildman–Crippen MR) is 198 cm³/mol. The molecule has 1 saturated heterocycles. The Morgan fingerprint density at radius 1 is 1.02 bits per heavy atom. The van der Waals surface area contributed by atoms with E-state index >= 15 is 0 Å². The van der Waals surface area contributed by atoms with E-state index in [1.807, 2.05) is 6.08 Å². The molecule has 5 atom stereocenters. The molecule has 14 nitrogen and oxygen atoms in total. The number of nitrogens with one attached hydrogen (secondary N) is 3. The molecule has 3 N–H and O–H groups in total. The quantitative estimate of drug-likeness (QED) is 0.359. The summed E-state index contributed by atoms with van der Waals surface area (Å²) in [4.78, 5) is 71.3. The second kappa shape index (κ2) is 16.2. The van der Waals surface area contributed by atoms with Gasteiger partial charge in [-0.2, -0.15) is 0 Å². The number of rotatable bonds is 6. The Morgan fingerprint density at radius 2 is 1.77 bits per heavy atom. The molecular formula is C39H47F2N5O9S. The lowest BCUT2D eigenvalue weighted by molar-refractivity contribution is -0.141. The number of amides is 5. The molecule has 2 fully saturated rings. The van der Waals surface area contributed by atoms with Crippen LogP contribution >= 0.6 is 0 Å². The highest BCUT2D eigenvalue weighted by Gasteiger charge is 2.61. The number of benzene rings is 2. The van der Waals surface area contributed by atoms with Crippen LogP contribution in [0.25, 0.3) is 0 Å². The number of alkyl carbamates (subject to hydrolysis) is 1. The van der Waals surface area contributed by atoms with Gasteiger partial charge in [-0.1, -0.05) is 49.3 Å². The zero-order valence-electron chi connectivity index (χ0n) is 31.5. The van der Waals surface area contributed by atoms with Gasteiger partial charge < -0.3 is 25.0 Å². The Balaban J connectivity index is 1.25. The topological polar surface area (TPSA) is 181 Å². The van der Waals surface area contributed by atoms with Crippen LogP contribution in [0.1, 0.15) is 82.4 Å². The van der Waals surface area contributed by atoms with Crippen LogP contribution in [-0.2, 0) is 52.7 Å². The molecule has 3 heterocycles. The summed E-state index contributed by atoms with van der Waals surface area (Å²) in [7, 11) is -4.30. The van der Waals surface area contributed by atoms with Crippen molar-refractivity contribution in [2.75, 3.05) is 6.54 Å². The van der Waals surface area contributed by atoms with Crippen LogP contribution in [0, 0.1) is 17.6 Å². The minimum atomic E-state index is -4.30. The third-order valence-electron chi connectivity index (χ3n) is 10.3. The van der Waals surface area contributed by atoms with Gasteiger partial charge in [-0.25, -0.2) is 26.8 Å². The summed E-state index contributed by atoms with van der Waals surface area (Å²) in [6.45, 7) is 4.87. The molecule has 0 bridgehead atoms. The molecule has 3 aliphatic heterocycles. The minimum absolute atomic E-state index is 0.0292. The number of ether oxygens (including phenoxy) is 2. The number of halogens is 2. The van der Waals surface area contributed by atoms with Gasteiger partial charge in [0.15, 0.2) is 0 Å². The Labute approximate surface area is 324 Å². The summed E-state index contributed by atoms with van der Waals surface area (Å²) in [6, 6.07) is 6.91. The van der Waals surface area contributed by atoms with Crippen LogP contribution in [-0.4, -0.2) is 84.0 Å². The molecule has 2 aromatic rings. The van der Waals surface area contributed by atoms with E-state index in [9.17, 15) is 41.2 Å². The van der Waals surface area contributed by atoms with E-state index in [1.165, 1.54) is 28.0 Å². The van der Waals surface area contributed by atoms with Gasteiger partial charge in [-0.3, -0.25) is 24.0 Å². The number of allylic oxidation sites excluding steroid dienone is 1. The molecule has 0 aromatic heterocycles. The van der Waals surface area contributed by atoms with Crippen molar-refractivity contribution in [2.24, 2.45) is 5.92 Å². The van der Waals surface area contributed by atoms with Crippen LogP contribution in [0.15, 0.2) is 54.6 Å². The standard InChI is InChI=1S/C39H47F2N5O9S/c1-38(2,3)55-36(50)42-31-13-8-6-4-5-7-11-26-19-39(26,35(49)44-56(52,53)23-24-14-16-27(40)17-15-24)43-33(47)32-18-28(21-46(32)34(31)48)54-37(51)45-20-25-10-9-12-30(41)29(25)22-45/h7,9-12,14-17,26,28,31-32H,4-6,8,13,18-23H2,1-3H3,(H,42,50)(H,43,47)(H,44,49)/t26-,28-,31+,32+,39-/m1/s1. The third-order valence-corrected chi connectivity index (χ3v) is 11.5. The maximum absolute atomic E-state index is 14.5. The Kier molecular flexibility index (Phi) is 11.7. The van der Waals surface area contributed by atoms with Crippen molar-refractivity contribution < 1.29 is 50.6 Å². The largest absolute Gasteiger partial charge is 0.444 e. The third kappa shape index (κ3) is 9.65. The van der Waals surface area contributed by atoms with Gasteiger partial charge >= 0.3 is 12.2 Å². The lowest BCUT2D eigenvalue weighted by atomic mass is 10.0. The maximum atomic E-state index is 14.5. The average molecular weight is 800 g/mol. The van der Waals surface area contributed by atoms with Gasteiger partial charge in [0.2, 0.25) is 21.8 Å². The van der Waals surface area contributed by atoms with Crippen molar-refractivity contribution in [3.05, 3.63) is 82.9 Å². The molecule has 0 radical (unpaired) electrons. The van der Waals surface area contributed by atoms with Crippen LogP contribution in [0.3, 0.4) is 0 Å². The summed E-state index contributed by atoms with van der Waals surface area (Å²) in [6.07, 6.45) is 3.65. The fourth-order valence-corrected chi connectivity index (χ4v) is 8.58. The number of carbonyl (C=O) groups excluding carboxylic acids is 5. The second-order valence-corrected chi connectivity index (χ2v) is 17.6. The molecule has 56 heavy (non-hydrogen) atoms. The summed E-state index contributed by atoms with van der Waals surface area (Å²) in [5.74, 6) is -4.61. The maximum Gasteiger partial charge on any atom is 0.410 e. The molecule has 6 rings (SSSR count). The summed E-state index contributed by atoms with van der Waals surface area (Å²) in [5.41, 5.74) is -1.32. The first-order valence-electron chi connectivity index (χ1n) is 18.7. The molecule has 1 saturated carbocycles. The smallest absolute Gasteiger partial charge is 0.410 e. The Hall–Kier alpha value is -5.06. The van der Waals surface area contributed by atoms with E-state index in [2.05, 4.69) is 15.4 Å². The molecule has 2 aromatic carbocycles. The Morgan fingerprint density at radius 3 is 2.48 bits per heavy atom. The predicted octanol–water partition coefficient (Wildman–Crippen LogP) is 4.32. The van der Waals surface area contributed by atoms with Gasteiger partial charge in [0.25, 0.3) is 5.91 Å². The number of hydrogen-bond acceptors (Lipinski definition) is 9. The van der Waals surface area contributed by atoms with Gasteiger partial charge in [-0.05, 0) is 75.8 Å². The number of nitrogens with zero attached hydrogens (tertiary/aromatic N) is 2. The number of sulfonamides is 1. The monoisotopic (exact) mass is 799 g/mol. The van der Waals surface area contributed by atoms with E-state index in [0.717, 1.165) is 12.1 Å². The lowest BCUT2D eigenvalue weighted by Crippen LogP contribution is -2.58. The fourth-order valence-electron chi connectivity index (χ4n) is 7.41. The average Bonchev–Trinajstić information content (AvgIpc) is 3.40. The lowest BCUT2D eigenvalue weighted by Gasteiger charge is -2.30. The highest BCUT2D eigenvalue weighted by Crippen LogP contribution is 2.46. The SMILES string of the molecule is CC(C)(C)OC(=O)N[C@H]1CCCCCC=C[C@@H]2C[C@@]2(C(=O)NS(=O)(=O)Cc2ccc(F)cc2)NC(=O)[C@@H]2C[C@@H](OC(=O)N3Cc4cccc(F)c4C3)CN2C1=O. The molecular weight excluding hydrogens is 753 g/mol. The second-order valence-electron chi connectivity index (χ2n) is 15.8. The zero-order chi connectivity index (χ0) is 40.4. The van der Waals surface area contributed by atoms with Crippen molar-refractivity contribution in [2.45, 2.75) is 114 Å². The number of hydrogen-bond donors (Lipinski definition) is 3. The van der Waals surface area contributed by atoms with Crippen molar-refractivity contribution >= 4 is 39.9 Å². The van der Waals surface area contributed by atoms with Crippen LogP contribution in [0.4, 0.5) is 18.4 Å².